The van der Waals surface area contributed by atoms with Gasteiger partial charge in [-0.25, -0.2) is 0 Å². The minimum Gasteiger partial charge on any atom is -0.508 e. The molecule has 1 unspecified atom stereocenters. The van der Waals surface area contributed by atoms with Crippen LogP contribution in [-0.2, 0) is 11.2 Å². The topological polar surface area (TPSA) is 32.7 Å². The summed E-state index contributed by atoms with van der Waals surface area (Å²) < 4.78 is 5.86. The summed E-state index contributed by atoms with van der Waals surface area (Å²) in [6.07, 6.45) is 2.35. The van der Waals surface area contributed by atoms with Crippen LogP contribution in [0, 0.1) is 0 Å². The lowest BCUT2D eigenvalue weighted by Crippen LogP contribution is -2.38. The van der Waals surface area contributed by atoms with Gasteiger partial charge in [-0.1, -0.05) is 42.5 Å². The van der Waals surface area contributed by atoms with Gasteiger partial charge < -0.3 is 9.84 Å². The third-order valence-electron chi connectivity index (χ3n) is 4.18. The molecule has 2 aromatic rings. The Bertz CT molecular complexity index is 585. The van der Waals surface area contributed by atoms with E-state index >= 15 is 0 Å². The molecular weight excluding hydrogens is 274 g/mol. The van der Waals surface area contributed by atoms with Gasteiger partial charge in [0.05, 0.1) is 12.7 Å². The Morgan fingerprint density at radius 1 is 1.09 bits per heavy atom. The third kappa shape index (κ3) is 4.09. The van der Waals surface area contributed by atoms with Gasteiger partial charge in [0.2, 0.25) is 0 Å². The highest BCUT2D eigenvalue weighted by Crippen LogP contribution is 2.25. The van der Waals surface area contributed by atoms with E-state index in [1.54, 1.807) is 12.1 Å². The van der Waals surface area contributed by atoms with Gasteiger partial charge in [0.15, 0.2) is 0 Å². The van der Waals surface area contributed by atoms with Crippen LogP contribution in [0.3, 0.4) is 0 Å². The molecule has 0 aliphatic carbocycles. The number of phenolic OH excluding ortho intramolecular Hbond substituents is 1. The second kappa shape index (κ2) is 7.43. The minimum atomic E-state index is 0.0672. The molecule has 0 radical (unpaired) electrons. The predicted octanol–water partition coefficient (Wildman–Crippen LogP) is 3.40. The first-order valence-corrected chi connectivity index (χ1v) is 7.98. The van der Waals surface area contributed by atoms with Gasteiger partial charge in [-0.2, -0.15) is 0 Å². The molecule has 0 bridgehead atoms. The summed E-state index contributed by atoms with van der Waals surface area (Å²) in [5.41, 5.74) is 2.47. The van der Waals surface area contributed by atoms with Crippen molar-refractivity contribution in [2.24, 2.45) is 0 Å². The zero-order chi connectivity index (χ0) is 15.2. The highest BCUT2D eigenvalue weighted by Gasteiger charge is 2.21. The molecule has 0 aromatic heterocycles. The van der Waals surface area contributed by atoms with Crippen molar-refractivity contribution in [3.63, 3.8) is 0 Å². The largest absolute Gasteiger partial charge is 0.508 e. The maximum Gasteiger partial charge on any atom is 0.115 e. The van der Waals surface area contributed by atoms with E-state index in [1.165, 1.54) is 5.56 Å². The molecule has 22 heavy (non-hydrogen) atoms. The molecule has 116 valence electrons. The second-order valence-electron chi connectivity index (χ2n) is 5.84. The van der Waals surface area contributed by atoms with Gasteiger partial charge in [0.25, 0.3) is 0 Å². The van der Waals surface area contributed by atoms with Crippen LogP contribution in [0.1, 0.15) is 23.7 Å². The lowest BCUT2D eigenvalue weighted by atomic mass is 10.1. The first-order valence-electron chi connectivity index (χ1n) is 7.98. The quantitative estimate of drug-likeness (QED) is 0.918. The standard InChI is InChI=1S/C19H23NO2/c21-18-10-4-9-17(14-18)19-15-20(12-13-22-19)11-5-8-16-6-2-1-3-7-16/h1-4,6-7,9-10,14,19,21H,5,8,11-13,15H2. The normalized spacial score (nSPS) is 19.2. The van der Waals surface area contributed by atoms with Crippen molar-refractivity contribution in [2.45, 2.75) is 18.9 Å². The summed E-state index contributed by atoms with van der Waals surface area (Å²) in [7, 11) is 0. The summed E-state index contributed by atoms with van der Waals surface area (Å²) in [5.74, 6) is 0.308. The van der Waals surface area contributed by atoms with Gasteiger partial charge in [0.1, 0.15) is 5.75 Å². The molecule has 1 aliphatic heterocycles. The fourth-order valence-corrected chi connectivity index (χ4v) is 2.98. The summed E-state index contributed by atoms with van der Waals surface area (Å²) in [4.78, 5) is 2.46. The number of morpholine rings is 1. The second-order valence-corrected chi connectivity index (χ2v) is 5.84. The van der Waals surface area contributed by atoms with Gasteiger partial charge in [-0.15, -0.1) is 0 Å². The highest BCUT2D eigenvalue weighted by atomic mass is 16.5. The van der Waals surface area contributed by atoms with E-state index in [0.29, 0.717) is 5.75 Å². The maximum absolute atomic E-state index is 9.61. The van der Waals surface area contributed by atoms with Crippen LogP contribution < -0.4 is 0 Å². The Morgan fingerprint density at radius 3 is 2.77 bits per heavy atom. The number of ether oxygens (including phenoxy) is 1. The maximum atomic E-state index is 9.61. The Labute approximate surface area is 132 Å². The molecule has 3 rings (SSSR count). The Kier molecular flexibility index (Phi) is 5.09. The number of aryl methyl sites for hydroxylation is 1. The number of phenols is 1. The van der Waals surface area contributed by atoms with Crippen molar-refractivity contribution >= 4 is 0 Å². The van der Waals surface area contributed by atoms with Crippen molar-refractivity contribution in [2.75, 3.05) is 26.2 Å². The SMILES string of the molecule is Oc1cccc(C2CN(CCCc3ccccc3)CCO2)c1. The van der Waals surface area contributed by atoms with Crippen molar-refractivity contribution < 1.29 is 9.84 Å². The number of nitrogens with zero attached hydrogens (tertiary/aromatic N) is 1. The van der Waals surface area contributed by atoms with E-state index in [0.717, 1.165) is 44.6 Å². The number of rotatable bonds is 5. The Hall–Kier alpha value is -1.84. The zero-order valence-corrected chi connectivity index (χ0v) is 12.8. The monoisotopic (exact) mass is 297 g/mol. The third-order valence-corrected chi connectivity index (χ3v) is 4.18. The van der Waals surface area contributed by atoms with Crippen LogP contribution in [0.4, 0.5) is 0 Å². The lowest BCUT2D eigenvalue weighted by Gasteiger charge is -2.33. The summed E-state index contributed by atoms with van der Waals surface area (Å²) in [5, 5.41) is 9.61. The molecule has 1 fully saturated rings. The van der Waals surface area contributed by atoms with Gasteiger partial charge >= 0.3 is 0 Å². The van der Waals surface area contributed by atoms with Gasteiger partial charge in [0, 0.05) is 13.1 Å². The number of hydrogen-bond acceptors (Lipinski definition) is 3. The molecule has 1 aliphatic rings. The average molecular weight is 297 g/mol. The van der Waals surface area contributed by atoms with Crippen molar-refractivity contribution in [3.05, 3.63) is 65.7 Å². The number of hydrogen-bond donors (Lipinski definition) is 1. The van der Waals surface area contributed by atoms with Gasteiger partial charge in [-0.3, -0.25) is 4.90 Å². The average Bonchev–Trinajstić information content (AvgIpc) is 2.56. The molecule has 0 saturated carbocycles. The van der Waals surface area contributed by atoms with Crippen LogP contribution in [0.15, 0.2) is 54.6 Å². The van der Waals surface area contributed by atoms with Crippen LogP contribution in [0.5, 0.6) is 5.75 Å². The molecular formula is C19H23NO2. The zero-order valence-electron chi connectivity index (χ0n) is 12.8. The van der Waals surface area contributed by atoms with Crippen molar-refractivity contribution in [3.8, 4) is 5.75 Å². The predicted molar refractivity (Wildman–Crippen MR) is 88.0 cm³/mol. The van der Waals surface area contributed by atoms with Crippen molar-refractivity contribution in [1.82, 2.24) is 4.90 Å². The van der Waals surface area contributed by atoms with Crippen molar-refractivity contribution in [1.29, 1.82) is 0 Å². The van der Waals surface area contributed by atoms with E-state index in [4.69, 9.17) is 4.74 Å². The highest BCUT2D eigenvalue weighted by molar-refractivity contribution is 5.29. The Balaban J connectivity index is 1.50. The molecule has 0 spiro atoms. The van der Waals surface area contributed by atoms with E-state index in [1.807, 2.05) is 12.1 Å². The van der Waals surface area contributed by atoms with E-state index in [2.05, 4.69) is 35.2 Å². The molecule has 3 heteroatoms. The molecule has 3 nitrogen and oxygen atoms in total. The molecule has 2 aromatic carbocycles. The molecule has 1 atom stereocenters. The van der Waals surface area contributed by atoms with E-state index in [9.17, 15) is 5.11 Å². The lowest BCUT2D eigenvalue weighted by molar-refractivity contribution is -0.0302. The summed E-state index contributed by atoms with van der Waals surface area (Å²) in [6, 6.07) is 18.0. The van der Waals surface area contributed by atoms with Crippen LogP contribution in [0.2, 0.25) is 0 Å². The van der Waals surface area contributed by atoms with Crippen LogP contribution >= 0.6 is 0 Å². The molecule has 0 amide bonds. The molecule has 1 heterocycles. The first-order chi connectivity index (χ1) is 10.8. The molecule has 1 saturated heterocycles. The fraction of sp³-hybridized carbons (Fsp3) is 0.368. The smallest absolute Gasteiger partial charge is 0.115 e. The summed E-state index contributed by atoms with van der Waals surface area (Å²) >= 11 is 0. The Morgan fingerprint density at radius 2 is 1.95 bits per heavy atom. The first kappa shape index (κ1) is 15.1. The van der Waals surface area contributed by atoms with Crippen LogP contribution in [0.25, 0.3) is 0 Å². The molecule has 1 N–H and O–H groups in total. The minimum absolute atomic E-state index is 0.0672. The van der Waals surface area contributed by atoms with E-state index in [-0.39, 0.29) is 6.10 Å². The summed E-state index contributed by atoms with van der Waals surface area (Å²) in [6.45, 7) is 3.74. The number of benzene rings is 2. The fourth-order valence-electron chi connectivity index (χ4n) is 2.98. The number of aromatic hydroxyl groups is 1. The van der Waals surface area contributed by atoms with Crippen LogP contribution in [-0.4, -0.2) is 36.2 Å². The van der Waals surface area contributed by atoms with Gasteiger partial charge in [-0.05, 0) is 42.6 Å². The van der Waals surface area contributed by atoms with E-state index < -0.39 is 0 Å².